The molecule has 0 aromatic carbocycles. The summed E-state index contributed by atoms with van der Waals surface area (Å²) in [5.74, 6) is 0. The van der Waals surface area contributed by atoms with Crippen molar-refractivity contribution >= 4 is 6.03 Å². The molecule has 0 aromatic heterocycles. The topological polar surface area (TPSA) is 44.4 Å². The first-order valence-corrected chi connectivity index (χ1v) is 5.79. The maximum absolute atomic E-state index is 11.7. The van der Waals surface area contributed by atoms with Gasteiger partial charge in [0.2, 0.25) is 0 Å². The fraction of sp³-hybridized carbons (Fsp3) is 0.909. The monoisotopic (exact) mass is 213 g/mol. The van der Waals surface area contributed by atoms with Gasteiger partial charge in [-0.05, 0) is 11.8 Å². The standard InChI is InChI=1S/C11H23N3O/c1-4-11(2,3)9-13-10(15)14-7-5-12-6-8-14/h12H,4-9H2,1-3H3,(H,13,15). The molecule has 0 unspecified atom stereocenters. The van der Waals surface area contributed by atoms with E-state index in [9.17, 15) is 4.79 Å². The first-order chi connectivity index (χ1) is 7.05. The van der Waals surface area contributed by atoms with Gasteiger partial charge in [0.15, 0.2) is 0 Å². The van der Waals surface area contributed by atoms with Crippen LogP contribution in [0.1, 0.15) is 27.2 Å². The molecular formula is C11H23N3O. The highest BCUT2D eigenvalue weighted by atomic mass is 16.2. The minimum absolute atomic E-state index is 0.0815. The second-order valence-electron chi connectivity index (χ2n) is 4.91. The number of carbonyl (C=O) groups excluding carboxylic acids is 1. The Kier molecular flexibility index (Phi) is 4.39. The van der Waals surface area contributed by atoms with E-state index in [1.165, 1.54) is 0 Å². The van der Waals surface area contributed by atoms with E-state index in [0.717, 1.165) is 39.1 Å². The van der Waals surface area contributed by atoms with Gasteiger partial charge in [-0.25, -0.2) is 4.79 Å². The summed E-state index contributed by atoms with van der Waals surface area (Å²) in [4.78, 5) is 13.6. The Morgan fingerprint density at radius 2 is 2.00 bits per heavy atom. The summed E-state index contributed by atoms with van der Waals surface area (Å²) in [7, 11) is 0. The van der Waals surface area contributed by atoms with Crippen LogP contribution >= 0.6 is 0 Å². The molecule has 0 spiro atoms. The highest BCUT2D eigenvalue weighted by Crippen LogP contribution is 2.17. The Morgan fingerprint density at radius 1 is 1.40 bits per heavy atom. The summed E-state index contributed by atoms with van der Waals surface area (Å²) in [6, 6.07) is 0.0815. The van der Waals surface area contributed by atoms with Crippen molar-refractivity contribution in [2.45, 2.75) is 27.2 Å². The summed E-state index contributed by atoms with van der Waals surface area (Å²) in [5.41, 5.74) is 0.198. The number of urea groups is 1. The first-order valence-electron chi connectivity index (χ1n) is 5.79. The highest BCUT2D eigenvalue weighted by Gasteiger charge is 2.20. The lowest BCUT2D eigenvalue weighted by molar-refractivity contribution is 0.184. The second kappa shape index (κ2) is 5.35. The van der Waals surface area contributed by atoms with Crippen LogP contribution < -0.4 is 10.6 Å². The molecule has 4 heteroatoms. The molecule has 88 valence electrons. The van der Waals surface area contributed by atoms with Gasteiger partial charge in [-0.3, -0.25) is 0 Å². The van der Waals surface area contributed by atoms with Crippen LogP contribution in [0.3, 0.4) is 0 Å². The molecule has 2 amide bonds. The number of nitrogens with zero attached hydrogens (tertiary/aromatic N) is 1. The van der Waals surface area contributed by atoms with Gasteiger partial charge in [-0.15, -0.1) is 0 Å². The lowest BCUT2D eigenvalue weighted by Gasteiger charge is -2.30. The molecule has 2 N–H and O–H groups in total. The van der Waals surface area contributed by atoms with E-state index >= 15 is 0 Å². The third kappa shape index (κ3) is 4.08. The van der Waals surface area contributed by atoms with Crippen LogP contribution in [0.25, 0.3) is 0 Å². The van der Waals surface area contributed by atoms with Crippen LogP contribution in [0.5, 0.6) is 0 Å². The molecule has 4 nitrogen and oxygen atoms in total. The summed E-state index contributed by atoms with van der Waals surface area (Å²) in [6.07, 6.45) is 1.08. The molecule has 0 aromatic rings. The van der Waals surface area contributed by atoms with Crippen molar-refractivity contribution in [3.05, 3.63) is 0 Å². The second-order valence-corrected chi connectivity index (χ2v) is 4.91. The highest BCUT2D eigenvalue weighted by molar-refractivity contribution is 5.74. The minimum atomic E-state index is 0.0815. The Bertz CT molecular complexity index is 210. The van der Waals surface area contributed by atoms with Crippen LogP contribution in [0.2, 0.25) is 0 Å². The minimum Gasteiger partial charge on any atom is -0.337 e. The molecule has 0 bridgehead atoms. The zero-order valence-electron chi connectivity index (χ0n) is 10.1. The molecule has 15 heavy (non-hydrogen) atoms. The number of piperazine rings is 1. The van der Waals surface area contributed by atoms with E-state index in [1.807, 2.05) is 4.90 Å². The van der Waals surface area contributed by atoms with Crippen molar-refractivity contribution in [2.75, 3.05) is 32.7 Å². The van der Waals surface area contributed by atoms with Gasteiger partial charge in [0, 0.05) is 32.7 Å². The van der Waals surface area contributed by atoms with Crippen LogP contribution in [0.15, 0.2) is 0 Å². The number of hydrogen-bond acceptors (Lipinski definition) is 2. The van der Waals surface area contributed by atoms with Gasteiger partial charge < -0.3 is 15.5 Å². The summed E-state index contributed by atoms with van der Waals surface area (Å²) >= 11 is 0. The van der Waals surface area contributed by atoms with Crippen molar-refractivity contribution in [3.8, 4) is 0 Å². The molecule has 1 saturated heterocycles. The first kappa shape index (κ1) is 12.3. The van der Waals surface area contributed by atoms with Crippen molar-refractivity contribution in [2.24, 2.45) is 5.41 Å². The average molecular weight is 213 g/mol. The van der Waals surface area contributed by atoms with Crippen LogP contribution in [-0.2, 0) is 0 Å². The molecule has 0 aliphatic carbocycles. The van der Waals surface area contributed by atoms with Crippen LogP contribution in [-0.4, -0.2) is 43.7 Å². The lowest BCUT2D eigenvalue weighted by Crippen LogP contribution is -2.51. The number of rotatable bonds is 3. The number of nitrogens with one attached hydrogen (secondary N) is 2. The van der Waals surface area contributed by atoms with Gasteiger partial charge in [-0.1, -0.05) is 20.8 Å². The van der Waals surface area contributed by atoms with Gasteiger partial charge in [0.05, 0.1) is 0 Å². The number of hydrogen-bond donors (Lipinski definition) is 2. The van der Waals surface area contributed by atoms with Gasteiger partial charge in [0.25, 0.3) is 0 Å². The Hall–Kier alpha value is -0.770. The molecular weight excluding hydrogens is 190 g/mol. The largest absolute Gasteiger partial charge is 0.337 e. The summed E-state index contributed by atoms with van der Waals surface area (Å²) in [6.45, 7) is 10.7. The molecule has 1 aliphatic rings. The zero-order chi connectivity index (χ0) is 11.3. The summed E-state index contributed by atoms with van der Waals surface area (Å²) < 4.78 is 0. The van der Waals surface area contributed by atoms with Crippen molar-refractivity contribution in [1.29, 1.82) is 0 Å². The molecule has 1 heterocycles. The van der Waals surface area contributed by atoms with E-state index in [4.69, 9.17) is 0 Å². The predicted octanol–water partition coefficient (Wildman–Crippen LogP) is 1.04. The van der Waals surface area contributed by atoms with E-state index in [2.05, 4.69) is 31.4 Å². The predicted molar refractivity (Wildman–Crippen MR) is 61.9 cm³/mol. The van der Waals surface area contributed by atoms with Crippen LogP contribution in [0, 0.1) is 5.41 Å². The quantitative estimate of drug-likeness (QED) is 0.735. The maximum Gasteiger partial charge on any atom is 0.317 e. The van der Waals surface area contributed by atoms with E-state index < -0.39 is 0 Å². The Morgan fingerprint density at radius 3 is 2.53 bits per heavy atom. The molecule has 0 saturated carbocycles. The Balaban J connectivity index is 2.28. The Labute approximate surface area is 92.4 Å². The van der Waals surface area contributed by atoms with Gasteiger partial charge in [0.1, 0.15) is 0 Å². The normalized spacial score (nSPS) is 17.7. The average Bonchev–Trinajstić information content (AvgIpc) is 2.27. The molecule has 0 atom stereocenters. The van der Waals surface area contributed by atoms with Gasteiger partial charge >= 0.3 is 6.03 Å². The fourth-order valence-corrected chi connectivity index (χ4v) is 1.42. The fourth-order valence-electron chi connectivity index (χ4n) is 1.42. The lowest BCUT2D eigenvalue weighted by atomic mass is 9.90. The van der Waals surface area contributed by atoms with Gasteiger partial charge in [-0.2, -0.15) is 0 Å². The third-order valence-corrected chi connectivity index (χ3v) is 3.08. The zero-order valence-corrected chi connectivity index (χ0v) is 10.1. The molecule has 1 rings (SSSR count). The van der Waals surface area contributed by atoms with Crippen molar-refractivity contribution in [1.82, 2.24) is 15.5 Å². The van der Waals surface area contributed by atoms with Crippen molar-refractivity contribution < 1.29 is 4.79 Å². The SMILES string of the molecule is CCC(C)(C)CNC(=O)N1CCNCC1. The molecule has 0 radical (unpaired) electrons. The molecule has 1 aliphatic heterocycles. The van der Waals surface area contributed by atoms with E-state index in [0.29, 0.717) is 0 Å². The number of amides is 2. The number of carbonyl (C=O) groups is 1. The third-order valence-electron chi connectivity index (χ3n) is 3.08. The smallest absolute Gasteiger partial charge is 0.317 e. The maximum atomic E-state index is 11.7. The van der Waals surface area contributed by atoms with E-state index in [1.54, 1.807) is 0 Å². The molecule has 1 fully saturated rings. The van der Waals surface area contributed by atoms with Crippen molar-refractivity contribution in [3.63, 3.8) is 0 Å². The van der Waals surface area contributed by atoms with E-state index in [-0.39, 0.29) is 11.4 Å². The summed E-state index contributed by atoms with van der Waals surface area (Å²) in [5, 5.41) is 6.23. The van der Waals surface area contributed by atoms with Crippen LogP contribution in [0.4, 0.5) is 4.79 Å².